The molecule has 0 amide bonds. The normalized spacial score (nSPS) is 13.7. The maximum Gasteiger partial charge on any atom is 0.0918 e. The van der Waals surface area contributed by atoms with Gasteiger partial charge in [0.05, 0.1) is 5.82 Å². The molecule has 0 aliphatic heterocycles. The lowest BCUT2D eigenvalue weighted by Gasteiger charge is -2.13. The van der Waals surface area contributed by atoms with Gasteiger partial charge in [-0.25, -0.2) is 0 Å². The number of nitrogens with two attached hydrogens (primary N) is 2. The van der Waals surface area contributed by atoms with Crippen LogP contribution in [0.4, 0.5) is 0 Å². The lowest BCUT2D eigenvalue weighted by atomic mass is 10.0. The van der Waals surface area contributed by atoms with Crippen LogP contribution >= 0.6 is 0 Å². The molecule has 0 aliphatic carbocycles. The molecule has 0 aromatic rings. The minimum Gasteiger partial charge on any atom is -0.386 e. The van der Waals surface area contributed by atoms with Crippen molar-refractivity contribution in [2.24, 2.45) is 11.5 Å². The summed E-state index contributed by atoms with van der Waals surface area (Å²) in [7, 11) is 0. The fourth-order valence-electron chi connectivity index (χ4n) is 1.31. The second-order valence-corrected chi connectivity index (χ2v) is 3.76. The van der Waals surface area contributed by atoms with Crippen molar-refractivity contribution in [2.45, 2.75) is 45.6 Å². The quantitative estimate of drug-likeness (QED) is 0.424. The summed E-state index contributed by atoms with van der Waals surface area (Å²) >= 11 is 0. The average Bonchev–Trinajstić information content (AvgIpc) is 2.23. The van der Waals surface area contributed by atoms with Crippen molar-refractivity contribution in [3.8, 4) is 0 Å². The van der Waals surface area contributed by atoms with Gasteiger partial charge < -0.3 is 16.8 Å². The highest BCUT2D eigenvalue weighted by atomic mass is 15.0. The molecule has 0 bridgehead atoms. The van der Waals surface area contributed by atoms with E-state index in [1.807, 2.05) is 6.08 Å². The topological polar surface area (TPSA) is 64.1 Å². The standard InChI is InChI=1S/C12H25N3/c1-4-7-12(14)15-9-6-8-11(13)10(3)5-2/h7,11,15H,3-6,8-9,13-14H2,1-2H3/b12-7+/t11-/m1/s1. The van der Waals surface area contributed by atoms with Crippen LogP contribution in [0.25, 0.3) is 0 Å². The Labute approximate surface area is 93.6 Å². The second kappa shape index (κ2) is 8.36. The summed E-state index contributed by atoms with van der Waals surface area (Å²) in [6.45, 7) is 8.97. The molecule has 0 rings (SSSR count). The third-order valence-corrected chi connectivity index (χ3v) is 2.42. The number of nitrogens with one attached hydrogen (secondary N) is 1. The van der Waals surface area contributed by atoms with Crippen molar-refractivity contribution in [3.05, 3.63) is 24.0 Å². The van der Waals surface area contributed by atoms with E-state index < -0.39 is 0 Å². The zero-order valence-corrected chi connectivity index (χ0v) is 10.1. The fourth-order valence-corrected chi connectivity index (χ4v) is 1.31. The lowest BCUT2D eigenvalue weighted by molar-refractivity contribution is 0.606. The molecule has 0 aliphatic rings. The van der Waals surface area contributed by atoms with Crippen molar-refractivity contribution in [1.82, 2.24) is 5.32 Å². The Morgan fingerprint density at radius 3 is 2.67 bits per heavy atom. The van der Waals surface area contributed by atoms with Gasteiger partial charge in [0.15, 0.2) is 0 Å². The molecular formula is C12H25N3. The first-order valence-electron chi connectivity index (χ1n) is 5.74. The number of rotatable bonds is 8. The van der Waals surface area contributed by atoms with E-state index in [0.717, 1.165) is 43.6 Å². The van der Waals surface area contributed by atoms with Gasteiger partial charge in [-0.2, -0.15) is 0 Å². The SMILES string of the molecule is C=C(CC)[C@H](N)CCCN/C(N)=C/CC. The van der Waals surface area contributed by atoms with Crippen LogP contribution in [0.15, 0.2) is 24.0 Å². The van der Waals surface area contributed by atoms with Gasteiger partial charge in [0.1, 0.15) is 0 Å². The van der Waals surface area contributed by atoms with Crippen molar-refractivity contribution >= 4 is 0 Å². The van der Waals surface area contributed by atoms with E-state index >= 15 is 0 Å². The maximum atomic E-state index is 5.93. The zero-order valence-electron chi connectivity index (χ0n) is 10.1. The Morgan fingerprint density at radius 2 is 2.13 bits per heavy atom. The van der Waals surface area contributed by atoms with Gasteiger partial charge in [-0.05, 0) is 31.8 Å². The van der Waals surface area contributed by atoms with Crippen molar-refractivity contribution in [1.29, 1.82) is 0 Å². The largest absolute Gasteiger partial charge is 0.386 e. The van der Waals surface area contributed by atoms with Gasteiger partial charge in [0.25, 0.3) is 0 Å². The highest BCUT2D eigenvalue weighted by molar-refractivity contribution is 5.03. The molecule has 0 saturated carbocycles. The number of allylic oxidation sites excluding steroid dienone is 1. The molecule has 3 nitrogen and oxygen atoms in total. The molecule has 0 saturated heterocycles. The summed E-state index contributed by atoms with van der Waals surface area (Å²) in [5.74, 6) is 0.764. The van der Waals surface area contributed by atoms with Gasteiger partial charge in [0, 0.05) is 12.6 Å². The van der Waals surface area contributed by atoms with Crippen molar-refractivity contribution in [2.75, 3.05) is 6.54 Å². The van der Waals surface area contributed by atoms with Gasteiger partial charge in [-0.1, -0.05) is 26.0 Å². The van der Waals surface area contributed by atoms with Crippen LogP contribution in [0.3, 0.4) is 0 Å². The Morgan fingerprint density at radius 1 is 1.47 bits per heavy atom. The van der Waals surface area contributed by atoms with Crippen LogP contribution in [0, 0.1) is 0 Å². The van der Waals surface area contributed by atoms with Gasteiger partial charge in [-0.3, -0.25) is 0 Å². The number of hydrogen-bond donors (Lipinski definition) is 3. The zero-order chi connectivity index (χ0) is 11.7. The first kappa shape index (κ1) is 14.0. The number of hydrogen-bond acceptors (Lipinski definition) is 3. The molecule has 0 unspecified atom stereocenters. The van der Waals surface area contributed by atoms with E-state index in [1.54, 1.807) is 0 Å². The molecule has 3 heteroatoms. The fraction of sp³-hybridized carbons (Fsp3) is 0.667. The predicted molar refractivity (Wildman–Crippen MR) is 67.2 cm³/mol. The first-order chi connectivity index (χ1) is 7.11. The molecule has 1 atom stereocenters. The smallest absolute Gasteiger partial charge is 0.0918 e. The second-order valence-electron chi connectivity index (χ2n) is 3.76. The third-order valence-electron chi connectivity index (χ3n) is 2.42. The average molecular weight is 211 g/mol. The predicted octanol–water partition coefficient (Wildman–Crippen LogP) is 1.86. The molecule has 0 aromatic heterocycles. The lowest BCUT2D eigenvalue weighted by Crippen LogP contribution is -2.25. The summed E-state index contributed by atoms with van der Waals surface area (Å²) in [6, 6.07) is 0.133. The molecule has 0 heterocycles. The third kappa shape index (κ3) is 7.03. The Hall–Kier alpha value is -0.960. The molecule has 0 radical (unpaired) electrons. The molecular weight excluding hydrogens is 186 g/mol. The van der Waals surface area contributed by atoms with Crippen LogP contribution in [-0.4, -0.2) is 12.6 Å². The molecule has 0 fully saturated rings. The van der Waals surface area contributed by atoms with Crippen LogP contribution in [-0.2, 0) is 0 Å². The van der Waals surface area contributed by atoms with Crippen LogP contribution in [0.2, 0.25) is 0 Å². The Kier molecular flexibility index (Phi) is 7.82. The molecule has 0 spiro atoms. The highest BCUT2D eigenvalue weighted by Crippen LogP contribution is 2.07. The van der Waals surface area contributed by atoms with Crippen LogP contribution in [0.1, 0.15) is 39.5 Å². The summed E-state index contributed by atoms with van der Waals surface area (Å²) in [5, 5.41) is 3.15. The Balaban J connectivity index is 3.54. The van der Waals surface area contributed by atoms with E-state index in [9.17, 15) is 0 Å². The van der Waals surface area contributed by atoms with E-state index in [2.05, 4.69) is 25.7 Å². The van der Waals surface area contributed by atoms with Crippen LogP contribution < -0.4 is 16.8 Å². The maximum absolute atomic E-state index is 5.93. The molecule has 88 valence electrons. The summed E-state index contributed by atoms with van der Waals surface area (Å²) in [6.07, 6.45) is 5.90. The van der Waals surface area contributed by atoms with Gasteiger partial charge in [-0.15, -0.1) is 0 Å². The molecule has 0 aromatic carbocycles. The van der Waals surface area contributed by atoms with Crippen molar-refractivity contribution < 1.29 is 0 Å². The summed E-state index contributed by atoms with van der Waals surface area (Å²) in [4.78, 5) is 0. The van der Waals surface area contributed by atoms with E-state index in [4.69, 9.17) is 11.5 Å². The Bertz CT molecular complexity index is 209. The van der Waals surface area contributed by atoms with E-state index in [0.29, 0.717) is 0 Å². The summed E-state index contributed by atoms with van der Waals surface area (Å²) < 4.78 is 0. The first-order valence-corrected chi connectivity index (χ1v) is 5.74. The van der Waals surface area contributed by atoms with Gasteiger partial charge >= 0.3 is 0 Å². The van der Waals surface area contributed by atoms with E-state index in [1.165, 1.54) is 0 Å². The molecule has 15 heavy (non-hydrogen) atoms. The van der Waals surface area contributed by atoms with Gasteiger partial charge in [0.2, 0.25) is 0 Å². The highest BCUT2D eigenvalue weighted by Gasteiger charge is 2.04. The van der Waals surface area contributed by atoms with Crippen LogP contribution in [0.5, 0.6) is 0 Å². The molecule has 5 N–H and O–H groups in total. The monoisotopic (exact) mass is 211 g/mol. The van der Waals surface area contributed by atoms with E-state index in [-0.39, 0.29) is 6.04 Å². The summed E-state index contributed by atoms with van der Waals surface area (Å²) in [5.41, 5.74) is 12.7. The van der Waals surface area contributed by atoms with Crippen molar-refractivity contribution in [3.63, 3.8) is 0 Å². The minimum absolute atomic E-state index is 0.133. The minimum atomic E-state index is 0.133.